The fourth-order valence-corrected chi connectivity index (χ4v) is 2.06. The zero-order chi connectivity index (χ0) is 16.1. The molecule has 2 atom stereocenters. The molecule has 0 saturated heterocycles. The number of aromatic nitrogens is 2. The molecule has 0 radical (unpaired) electrons. The smallest absolute Gasteiger partial charge is 0.374 e. The van der Waals surface area contributed by atoms with Crippen LogP contribution in [0.25, 0.3) is 0 Å². The van der Waals surface area contributed by atoms with Gasteiger partial charge in [-0.15, -0.1) is 0 Å². The van der Waals surface area contributed by atoms with Crippen LogP contribution in [0.1, 0.15) is 31.4 Å². The van der Waals surface area contributed by atoms with Gasteiger partial charge in [0, 0.05) is 13.2 Å². The summed E-state index contributed by atoms with van der Waals surface area (Å²) < 4.78 is 16.6. The SMILES string of the molecule is CCOc1nc(C(=O)O)nc2c1NC(OCC)C(OCC)N2. The number of fused-ring (bicyclic) bond motifs is 1. The monoisotopic (exact) mass is 312 g/mol. The summed E-state index contributed by atoms with van der Waals surface area (Å²) in [5, 5.41) is 15.2. The fraction of sp³-hybridized carbons (Fsp3) is 0.615. The van der Waals surface area contributed by atoms with E-state index in [9.17, 15) is 4.79 Å². The van der Waals surface area contributed by atoms with E-state index in [0.29, 0.717) is 31.3 Å². The molecule has 2 unspecified atom stereocenters. The Morgan fingerprint density at radius 3 is 2.27 bits per heavy atom. The van der Waals surface area contributed by atoms with Crippen molar-refractivity contribution in [3.05, 3.63) is 5.82 Å². The van der Waals surface area contributed by atoms with E-state index < -0.39 is 18.4 Å². The molecule has 9 heteroatoms. The molecular weight excluding hydrogens is 292 g/mol. The first-order valence-corrected chi connectivity index (χ1v) is 7.15. The van der Waals surface area contributed by atoms with E-state index in [-0.39, 0.29) is 11.7 Å². The number of carbonyl (C=O) groups is 1. The van der Waals surface area contributed by atoms with Crippen molar-refractivity contribution < 1.29 is 24.1 Å². The molecule has 1 aromatic rings. The van der Waals surface area contributed by atoms with Crippen molar-refractivity contribution in [1.29, 1.82) is 0 Å². The number of carboxylic acid groups (broad SMARTS) is 1. The number of nitrogens with one attached hydrogen (secondary N) is 2. The third-order valence-corrected chi connectivity index (χ3v) is 2.88. The number of carboxylic acids is 1. The number of aromatic carboxylic acids is 1. The molecule has 0 fully saturated rings. The van der Waals surface area contributed by atoms with Crippen molar-refractivity contribution in [3.8, 4) is 5.88 Å². The average molecular weight is 312 g/mol. The lowest BCUT2D eigenvalue weighted by Gasteiger charge is -2.34. The van der Waals surface area contributed by atoms with Crippen LogP contribution in [-0.4, -0.2) is 53.3 Å². The van der Waals surface area contributed by atoms with Gasteiger partial charge in [0.25, 0.3) is 0 Å². The Morgan fingerprint density at radius 2 is 1.73 bits per heavy atom. The Balaban J connectivity index is 2.40. The number of anilines is 2. The molecule has 1 aliphatic rings. The molecule has 1 aliphatic heterocycles. The summed E-state index contributed by atoms with van der Waals surface area (Å²) in [5.74, 6) is -1.10. The Bertz CT molecular complexity index is 539. The standard InChI is InChI=1S/C13H20N4O5/c1-4-20-10-7-8(15-9(17-10)13(18)19)16-12(22-6-3)11(14-7)21-5-2/h11-12,14H,4-6H2,1-3H3,(H,18,19)(H,15,16,17). The van der Waals surface area contributed by atoms with Crippen molar-refractivity contribution in [3.63, 3.8) is 0 Å². The summed E-state index contributed by atoms with van der Waals surface area (Å²) in [6.07, 6.45) is -0.959. The molecule has 122 valence electrons. The van der Waals surface area contributed by atoms with E-state index in [2.05, 4.69) is 20.6 Å². The third-order valence-electron chi connectivity index (χ3n) is 2.88. The highest BCUT2D eigenvalue weighted by molar-refractivity contribution is 5.86. The van der Waals surface area contributed by atoms with Crippen LogP contribution in [0.2, 0.25) is 0 Å². The van der Waals surface area contributed by atoms with E-state index in [0.717, 1.165) is 0 Å². The van der Waals surface area contributed by atoms with Crippen molar-refractivity contribution in [2.45, 2.75) is 33.2 Å². The Hall–Kier alpha value is -2.13. The van der Waals surface area contributed by atoms with Crippen LogP contribution < -0.4 is 15.4 Å². The number of rotatable bonds is 7. The first-order chi connectivity index (χ1) is 10.6. The third kappa shape index (κ3) is 3.37. The fourth-order valence-electron chi connectivity index (χ4n) is 2.06. The summed E-state index contributed by atoms with van der Waals surface area (Å²) in [5.41, 5.74) is 0.459. The molecule has 0 saturated carbocycles. The molecule has 0 amide bonds. The van der Waals surface area contributed by atoms with Crippen LogP contribution >= 0.6 is 0 Å². The van der Waals surface area contributed by atoms with Crippen molar-refractivity contribution in [2.24, 2.45) is 0 Å². The second-order valence-corrected chi connectivity index (χ2v) is 4.35. The number of ether oxygens (including phenoxy) is 3. The van der Waals surface area contributed by atoms with Crippen LogP contribution in [0.4, 0.5) is 11.5 Å². The lowest BCUT2D eigenvalue weighted by Crippen LogP contribution is -2.47. The molecule has 9 nitrogen and oxygen atoms in total. The van der Waals surface area contributed by atoms with Gasteiger partial charge in [-0.2, -0.15) is 4.98 Å². The molecule has 0 spiro atoms. The number of nitrogens with zero attached hydrogens (tertiary/aromatic N) is 2. The van der Waals surface area contributed by atoms with Crippen molar-refractivity contribution in [2.75, 3.05) is 30.5 Å². The maximum Gasteiger partial charge on any atom is 0.374 e. The Morgan fingerprint density at radius 1 is 1.09 bits per heavy atom. The Kier molecular flexibility index (Phi) is 5.34. The van der Waals surface area contributed by atoms with Crippen LogP contribution in [-0.2, 0) is 9.47 Å². The van der Waals surface area contributed by atoms with Gasteiger partial charge in [0.1, 0.15) is 5.69 Å². The second-order valence-electron chi connectivity index (χ2n) is 4.35. The highest BCUT2D eigenvalue weighted by Gasteiger charge is 2.33. The largest absolute Gasteiger partial charge is 0.476 e. The topological polar surface area (TPSA) is 115 Å². The maximum atomic E-state index is 11.1. The van der Waals surface area contributed by atoms with Crippen LogP contribution in [0.3, 0.4) is 0 Å². The average Bonchev–Trinajstić information content (AvgIpc) is 2.48. The number of hydrogen-bond donors (Lipinski definition) is 3. The van der Waals surface area contributed by atoms with Gasteiger partial charge in [-0.1, -0.05) is 0 Å². The molecule has 3 N–H and O–H groups in total. The second kappa shape index (κ2) is 7.23. The zero-order valence-electron chi connectivity index (χ0n) is 12.8. The molecule has 2 heterocycles. The van der Waals surface area contributed by atoms with E-state index in [1.807, 2.05) is 13.8 Å². The van der Waals surface area contributed by atoms with Gasteiger partial charge in [-0.25, -0.2) is 9.78 Å². The van der Waals surface area contributed by atoms with E-state index in [4.69, 9.17) is 19.3 Å². The molecule has 0 aliphatic carbocycles. The van der Waals surface area contributed by atoms with Crippen molar-refractivity contribution in [1.82, 2.24) is 9.97 Å². The minimum Gasteiger partial charge on any atom is -0.476 e. The first kappa shape index (κ1) is 16.2. The molecule has 1 aromatic heterocycles. The summed E-state index contributed by atoms with van der Waals surface area (Å²) >= 11 is 0. The minimum atomic E-state index is -1.23. The zero-order valence-corrected chi connectivity index (χ0v) is 12.8. The summed E-state index contributed by atoms with van der Waals surface area (Å²) in [7, 11) is 0. The lowest BCUT2D eigenvalue weighted by molar-refractivity contribution is -0.0422. The predicted molar refractivity (Wildman–Crippen MR) is 78.2 cm³/mol. The first-order valence-electron chi connectivity index (χ1n) is 7.15. The number of hydrogen-bond acceptors (Lipinski definition) is 8. The van der Waals surface area contributed by atoms with Gasteiger partial charge in [0.15, 0.2) is 18.3 Å². The van der Waals surface area contributed by atoms with Gasteiger partial charge in [0.2, 0.25) is 11.7 Å². The normalized spacial score (nSPS) is 19.8. The molecular formula is C13H20N4O5. The molecule has 0 bridgehead atoms. The lowest BCUT2D eigenvalue weighted by atomic mass is 10.3. The van der Waals surface area contributed by atoms with Gasteiger partial charge in [0.05, 0.1) is 6.61 Å². The minimum absolute atomic E-state index is 0.164. The van der Waals surface area contributed by atoms with E-state index in [1.54, 1.807) is 6.92 Å². The van der Waals surface area contributed by atoms with Crippen LogP contribution in [0, 0.1) is 0 Å². The summed E-state index contributed by atoms with van der Waals surface area (Å²) in [4.78, 5) is 19.0. The van der Waals surface area contributed by atoms with Crippen LogP contribution in [0.5, 0.6) is 5.88 Å². The van der Waals surface area contributed by atoms with Gasteiger partial charge in [-0.05, 0) is 20.8 Å². The Labute approximate surface area is 128 Å². The summed E-state index contributed by atoms with van der Waals surface area (Å²) in [6.45, 7) is 6.80. The molecule has 2 rings (SSSR count). The van der Waals surface area contributed by atoms with Gasteiger partial charge in [-0.3, -0.25) is 0 Å². The van der Waals surface area contributed by atoms with Crippen molar-refractivity contribution >= 4 is 17.5 Å². The highest BCUT2D eigenvalue weighted by atomic mass is 16.6. The predicted octanol–water partition coefficient (Wildman–Crippen LogP) is 1.14. The summed E-state index contributed by atoms with van der Waals surface area (Å²) in [6, 6.07) is 0. The van der Waals surface area contributed by atoms with E-state index >= 15 is 0 Å². The van der Waals surface area contributed by atoms with Gasteiger partial charge >= 0.3 is 5.97 Å². The maximum absolute atomic E-state index is 11.1. The quantitative estimate of drug-likeness (QED) is 0.681. The highest BCUT2D eigenvalue weighted by Crippen LogP contribution is 2.35. The van der Waals surface area contributed by atoms with Gasteiger partial charge < -0.3 is 30.0 Å². The molecule has 22 heavy (non-hydrogen) atoms. The van der Waals surface area contributed by atoms with Crippen LogP contribution in [0.15, 0.2) is 0 Å². The molecule has 0 aromatic carbocycles. The van der Waals surface area contributed by atoms with E-state index in [1.165, 1.54) is 0 Å².